The van der Waals surface area contributed by atoms with E-state index in [1.165, 1.54) is 32.1 Å². The third-order valence-corrected chi connectivity index (χ3v) is 3.65. The van der Waals surface area contributed by atoms with Gasteiger partial charge in [-0.05, 0) is 31.7 Å². The zero-order valence-corrected chi connectivity index (χ0v) is 10.7. The average molecular weight is 226 g/mol. The van der Waals surface area contributed by atoms with Crippen LogP contribution in [0.3, 0.4) is 0 Å². The molecule has 0 heterocycles. The summed E-state index contributed by atoms with van der Waals surface area (Å²) in [6, 6.07) is 0.698. The van der Waals surface area contributed by atoms with E-state index in [1.807, 2.05) is 0 Å². The van der Waals surface area contributed by atoms with Crippen molar-refractivity contribution in [1.82, 2.24) is 10.6 Å². The Morgan fingerprint density at radius 2 is 2.19 bits per heavy atom. The SMILES string of the molecule is CCC1CCCC(NCCCC(=O)NC)C1. The van der Waals surface area contributed by atoms with E-state index in [0.29, 0.717) is 12.5 Å². The maximum Gasteiger partial charge on any atom is 0.219 e. The first kappa shape index (κ1) is 13.5. The van der Waals surface area contributed by atoms with E-state index < -0.39 is 0 Å². The largest absolute Gasteiger partial charge is 0.359 e. The lowest BCUT2D eigenvalue weighted by Gasteiger charge is -2.29. The first-order valence-corrected chi connectivity index (χ1v) is 6.70. The van der Waals surface area contributed by atoms with Gasteiger partial charge in [-0.2, -0.15) is 0 Å². The predicted octanol–water partition coefficient (Wildman–Crippen LogP) is 2.07. The van der Waals surface area contributed by atoms with Crippen molar-refractivity contribution in [2.24, 2.45) is 5.92 Å². The van der Waals surface area contributed by atoms with Crippen molar-refractivity contribution < 1.29 is 4.79 Å². The van der Waals surface area contributed by atoms with Crippen LogP contribution in [0.15, 0.2) is 0 Å². The fraction of sp³-hybridized carbons (Fsp3) is 0.923. The van der Waals surface area contributed by atoms with Crippen LogP contribution in [0, 0.1) is 5.92 Å². The lowest BCUT2D eigenvalue weighted by molar-refractivity contribution is -0.120. The molecule has 2 unspecified atom stereocenters. The minimum atomic E-state index is 0.150. The highest BCUT2D eigenvalue weighted by Gasteiger charge is 2.19. The maximum atomic E-state index is 11.0. The summed E-state index contributed by atoms with van der Waals surface area (Å²) in [5.74, 6) is 1.07. The molecule has 1 saturated carbocycles. The Balaban J connectivity index is 2.06. The van der Waals surface area contributed by atoms with Crippen molar-refractivity contribution in [1.29, 1.82) is 0 Å². The van der Waals surface area contributed by atoms with Crippen molar-refractivity contribution in [3.63, 3.8) is 0 Å². The molecule has 1 rings (SSSR count). The van der Waals surface area contributed by atoms with Gasteiger partial charge < -0.3 is 10.6 Å². The van der Waals surface area contributed by atoms with E-state index in [0.717, 1.165) is 18.9 Å². The molecule has 0 spiro atoms. The Bertz CT molecular complexity index is 206. The van der Waals surface area contributed by atoms with Crippen LogP contribution in [0.1, 0.15) is 51.9 Å². The number of hydrogen-bond acceptors (Lipinski definition) is 2. The zero-order valence-electron chi connectivity index (χ0n) is 10.7. The van der Waals surface area contributed by atoms with Crippen LogP contribution >= 0.6 is 0 Å². The Morgan fingerprint density at radius 1 is 1.38 bits per heavy atom. The van der Waals surface area contributed by atoms with Crippen molar-refractivity contribution in [2.75, 3.05) is 13.6 Å². The first-order chi connectivity index (χ1) is 7.76. The highest BCUT2D eigenvalue weighted by Crippen LogP contribution is 2.26. The molecule has 2 N–H and O–H groups in total. The molecule has 0 aliphatic heterocycles. The van der Waals surface area contributed by atoms with Crippen LogP contribution < -0.4 is 10.6 Å². The monoisotopic (exact) mass is 226 g/mol. The zero-order chi connectivity index (χ0) is 11.8. The van der Waals surface area contributed by atoms with Gasteiger partial charge in [-0.25, -0.2) is 0 Å². The second-order valence-corrected chi connectivity index (χ2v) is 4.87. The van der Waals surface area contributed by atoms with E-state index >= 15 is 0 Å². The molecule has 1 aliphatic rings. The third-order valence-electron chi connectivity index (χ3n) is 3.65. The molecule has 0 aromatic carbocycles. The topological polar surface area (TPSA) is 41.1 Å². The minimum absolute atomic E-state index is 0.150. The molecular formula is C13H26N2O. The number of hydrogen-bond donors (Lipinski definition) is 2. The van der Waals surface area contributed by atoms with E-state index in [1.54, 1.807) is 7.05 Å². The lowest BCUT2D eigenvalue weighted by atomic mass is 9.84. The molecule has 94 valence electrons. The predicted molar refractivity (Wildman–Crippen MR) is 67.3 cm³/mol. The maximum absolute atomic E-state index is 11.0. The van der Waals surface area contributed by atoms with Crippen LogP contribution in [-0.4, -0.2) is 25.5 Å². The quantitative estimate of drug-likeness (QED) is 0.681. The number of carbonyl (C=O) groups excluding carboxylic acids is 1. The molecule has 2 atom stereocenters. The minimum Gasteiger partial charge on any atom is -0.359 e. The average Bonchev–Trinajstić information content (AvgIpc) is 2.34. The van der Waals surface area contributed by atoms with Crippen LogP contribution in [0.2, 0.25) is 0 Å². The second kappa shape index (κ2) is 7.66. The molecule has 16 heavy (non-hydrogen) atoms. The summed E-state index contributed by atoms with van der Waals surface area (Å²) in [6.07, 6.45) is 8.34. The van der Waals surface area contributed by atoms with Gasteiger partial charge >= 0.3 is 0 Å². The molecule has 1 fully saturated rings. The fourth-order valence-electron chi connectivity index (χ4n) is 2.53. The summed E-state index contributed by atoms with van der Waals surface area (Å²) in [6.45, 7) is 3.27. The van der Waals surface area contributed by atoms with Gasteiger partial charge in [0.1, 0.15) is 0 Å². The molecule has 0 bridgehead atoms. The highest BCUT2D eigenvalue weighted by atomic mass is 16.1. The Hall–Kier alpha value is -0.570. The standard InChI is InChI=1S/C13H26N2O/c1-3-11-6-4-7-12(10-11)15-9-5-8-13(16)14-2/h11-12,15H,3-10H2,1-2H3,(H,14,16). The smallest absolute Gasteiger partial charge is 0.219 e. The molecule has 3 nitrogen and oxygen atoms in total. The van der Waals surface area contributed by atoms with E-state index in [9.17, 15) is 4.79 Å². The van der Waals surface area contributed by atoms with Crippen molar-refractivity contribution in [3.05, 3.63) is 0 Å². The van der Waals surface area contributed by atoms with E-state index in [2.05, 4.69) is 17.6 Å². The molecule has 0 radical (unpaired) electrons. The Labute approximate surface area is 99.4 Å². The van der Waals surface area contributed by atoms with Gasteiger partial charge in [-0.3, -0.25) is 4.79 Å². The third kappa shape index (κ3) is 4.97. The van der Waals surface area contributed by atoms with Crippen LogP contribution in [0.25, 0.3) is 0 Å². The number of nitrogens with one attached hydrogen (secondary N) is 2. The number of amides is 1. The molecule has 3 heteroatoms. The van der Waals surface area contributed by atoms with Gasteiger partial charge in [0, 0.05) is 19.5 Å². The van der Waals surface area contributed by atoms with Gasteiger partial charge in [0.25, 0.3) is 0 Å². The number of rotatable bonds is 6. The van der Waals surface area contributed by atoms with Crippen molar-refractivity contribution >= 4 is 5.91 Å². The van der Waals surface area contributed by atoms with Gasteiger partial charge in [0.05, 0.1) is 0 Å². The summed E-state index contributed by atoms with van der Waals surface area (Å²) in [4.78, 5) is 11.0. The summed E-state index contributed by atoms with van der Waals surface area (Å²) < 4.78 is 0. The molecule has 1 aliphatic carbocycles. The summed E-state index contributed by atoms with van der Waals surface area (Å²) in [5, 5.41) is 6.24. The van der Waals surface area contributed by atoms with Gasteiger partial charge in [-0.1, -0.05) is 26.2 Å². The van der Waals surface area contributed by atoms with Gasteiger partial charge in [0.15, 0.2) is 0 Å². The summed E-state index contributed by atoms with van der Waals surface area (Å²) in [7, 11) is 1.70. The Kier molecular flexibility index (Phi) is 6.46. The summed E-state index contributed by atoms with van der Waals surface area (Å²) in [5.41, 5.74) is 0. The number of carbonyl (C=O) groups is 1. The molecule has 0 aromatic heterocycles. The molecule has 1 amide bonds. The normalized spacial score (nSPS) is 25.4. The Morgan fingerprint density at radius 3 is 2.88 bits per heavy atom. The van der Waals surface area contributed by atoms with Crippen molar-refractivity contribution in [2.45, 2.75) is 57.9 Å². The van der Waals surface area contributed by atoms with E-state index in [4.69, 9.17) is 0 Å². The van der Waals surface area contributed by atoms with Gasteiger partial charge in [-0.15, -0.1) is 0 Å². The molecular weight excluding hydrogens is 200 g/mol. The van der Waals surface area contributed by atoms with Crippen LogP contribution in [-0.2, 0) is 4.79 Å². The van der Waals surface area contributed by atoms with Crippen molar-refractivity contribution in [3.8, 4) is 0 Å². The molecule has 0 aromatic rings. The van der Waals surface area contributed by atoms with Crippen LogP contribution in [0.4, 0.5) is 0 Å². The highest BCUT2D eigenvalue weighted by molar-refractivity contribution is 5.75. The van der Waals surface area contributed by atoms with E-state index in [-0.39, 0.29) is 5.91 Å². The first-order valence-electron chi connectivity index (χ1n) is 6.70. The second-order valence-electron chi connectivity index (χ2n) is 4.87. The summed E-state index contributed by atoms with van der Waals surface area (Å²) >= 11 is 0. The fourth-order valence-corrected chi connectivity index (χ4v) is 2.53. The van der Waals surface area contributed by atoms with Gasteiger partial charge in [0.2, 0.25) is 5.91 Å². The van der Waals surface area contributed by atoms with Crippen LogP contribution in [0.5, 0.6) is 0 Å². The lowest BCUT2D eigenvalue weighted by Crippen LogP contribution is -2.35. The molecule has 0 saturated heterocycles.